The number of hydrogen-bond acceptors (Lipinski definition) is 0. The summed E-state index contributed by atoms with van der Waals surface area (Å²) in [5.41, 5.74) is 3.51. The van der Waals surface area contributed by atoms with E-state index in [1.54, 1.807) is 23.3 Å². The van der Waals surface area contributed by atoms with Crippen LogP contribution in [-0.4, -0.2) is 5.43 Å². The summed E-state index contributed by atoms with van der Waals surface area (Å²) in [6.07, 6.45) is 17.3. The van der Waals surface area contributed by atoms with Crippen LogP contribution < -0.4 is 0 Å². The van der Waals surface area contributed by atoms with E-state index in [9.17, 15) is 0 Å². The maximum atomic E-state index is 3.30. The van der Waals surface area contributed by atoms with Crippen LogP contribution in [0.5, 0.6) is 0 Å². The van der Waals surface area contributed by atoms with Crippen LogP contribution >= 0.6 is 0 Å². The molecule has 0 aliphatic heterocycles. The molecule has 0 saturated carbocycles. The molecule has 0 saturated heterocycles. The van der Waals surface area contributed by atoms with E-state index >= 15 is 0 Å². The standard InChI is InChI=1S/2C9H13.C2H6Si.Zr/c2*1-9(2,3)8-6-4-5-7-8;1-3-2;/h2*4,6H,5H2,1-3H3;1-2H3;/q2*-1;;+2. The van der Waals surface area contributed by atoms with Gasteiger partial charge in [0.2, 0.25) is 0 Å². The predicted molar refractivity (Wildman–Crippen MR) is 97.4 cm³/mol. The van der Waals surface area contributed by atoms with Crippen molar-refractivity contribution in [2.24, 2.45) is 10.8 Å². The van der Waals surface area contributed by atoms with Crippen LogP contribution in [-0.2, 0) is 23.3 Å². The summed E-state index contributed by atoms with van der Waals surface area (Å²) < 4.78 is 0. The van der Waals surface area contributed by atoms with Gasteiger partial charge in [0.05, 0.1) is 0 Å². The zero-order chi connectivity index (χ0) is 17.4. The SMILES string of the molecule is CC(C)(C)C1=[C-]CC=C1.CC(C)(C)C1=[C-]CC=C1.C[Si](C)=[Zr+2]. The molecule has 0 atom stereocenters. The Kier molecular flexibility index (Phi) is 10.1. The Balaban J connectivity index is 0.000000326. The van der Waals surface area contributed by atoms with Gasteiger partial charge >= 0.3 is 41.9 Å². The van der Waals surface area contributed by atoms with Crippen LogP contribution in [0, 0.1) is 23.0 Å². The zero-order valence-corrected chi connectivity index (χ0v) is 19.2. The fourth-order valence-electron chi connectivity index (χ4n) is 1.84. The van der Waals surface area contributed by atoms with Gasteiger partial charge in [-0.1, -0.05) is 41.5 Å². The van der Waals surface area contributed by atoms with Gasteiger partial charge in [-0.3, -0.25) is 12.2 Å². The Morgan fingerprint density at radius 3 is 1.18 bits per heavy atom. The topological polar surface area (TPSA) is 0 Å². The van der Waals surface area contributed by atoms with Gasteiger partial charge in [-0.05, 0) is 10.8 Å². The average Bonchev–Trinajstić information content (AvgIpc) is 3.02. The van der Waals surface area contributed by atoms with E-state index in [2.05, 4.69) is 91.1 Å². The average molecular weight is 392 g/mol. The fraction of sp³-hybridized carbons (Fsp3) is 0.600. The molecule has 2 aliphatic carbocycles. The van der Waals surface area contributed by atoms with Crippen molar-refractivity contribution in [2.75, 3.05) is 0 Å². The molecule has 22 heavy (non-hydrogen) atoms. The van der Waals surface area contributed by atoms with E-state index in [4.69, 9.17) is 0 Å². The maximum absolute atomic E-state index is 3.30. The summed E-state index contributed by atoms with van der Waals surface area (Å²) >= 11 is 1.74. The molecule has 0 heterocycles. The second kappa shape index (κ2) is 10.0. The minimum absolute atomic E-state index is 0.210. The molecule has 2 rings (SSSR count). The van der Waals surface area contributed by atoms with Gasteiger partial charge in [0.25, 0.3) is 0 Å². The van der Waals surface area contributed by atoms with Crippen molar-refractivity contribution < 1.29 is 23.3 Å². The molecule has 2 heteroatoms. The number of hydrogen-bond donors (Lipinski definition) is 0. The minimum atomic E-state index is 0.210. The summed E-state index contributed by atoms with van der Waals surface area (Å²) in [6, 6.07) is 0. The van der Waals surface area contributed by atoms with E-state index in [-0.39, 0.29) is 5.43 Å². The monoisotopic (exact) mass is 390 g/mol. The molecular weight excluding hydrogens is 360 g/mol. The van der Waals surface area contributed by atoms with Gasteiger partial charge in [0.15, 0.2) is 0 Å². The quantitative estimate of drug-likeness (QED) is 0.339. The molecule has 120 valence electrons. The van der Waals surface area contributed by atoms with Crippen LogP contribution in [0.15, 0.2) is 35.5 Å². The molecule has 0 bridgehead atoms. The molecule has 0 amide bonds. The van der Waals surface area contributed by atoms with Gasteiger partial charge in [0, 0.05) is 0 Å². The van der Waals surface area contributed by atoms with Crippen molar-refractivity contribution in [3.63, 3.8) is 0 Å². The van der Waals surface area contributed by atoms with Crippen LogP contribution in [0.4, 0.5) is 0 Å². The molecule has 2 aliphatic rings. The Hall–Kier alpha value is 0.0600. The normalized spacial score (nSPS) is 16.3. The first-order valence-corrected chi connectivity index (χ1v) is 14.2. The molecule has 0 radical (unpaired) electrons. The molecular formula is C20H32SiZr. The molecule has 0 spiro atoms. The summed E-state index contributed by atoms with van der Waals surface area (Å²) in [4.78, 5) is 0. The first-order valence-electron chi connectivity index (χ1n) is 8.02. The second-order valence-corrected chi connectivity index (χ2v) is 17.3. The van der Waals surface area contributed by atoms with Crippen molar-refractivity contribution in [1.29, 1.82) is 0 Å². The van der Waals surface area contributed by atoms with Crippen LogP contribution in [0.25, 0.3) is 0 Å². The molecule has 0 unspecified atom stereocenters. The van der Waals surface area contributed by atoms with Crippen LogP contribution in [0.3, 0.4) is 0 Å². The molecule has 0 aromatic rings. The molecule has 0 fully saturated rings. The van der Waals surface area contributed by atoms with Gasteiger partial charge in [-0.15, -0.1) is 12.8 Å². The van der Waals surface area contributed by atoms with Gasteiger partial charge in [0.1, 0.15) is 0 Å². The van der Waals surface area contributed by atoms with Crippen LogP contribution in [0.1, 0.15) is 54.4 Å². The first kappa shape index (κ1) is 22.1. The number of allylic oxidation sites excluding steroid dienone is 8. The summed E-state index contributed by atoms with van der Waals surface area (Å²) in [5.74, 6) is 0. The Morgan fingerprint density at radius 1 is 0.818 bits per heavy atom. The van der Waals surface area contributed by atoms with Crippen molar-refractivity contribution in [1.82, 2.24) is 0 Å². The number of rotatable bonds is 0. The van der Waals surface area contributed by atoms with Gasteiger partial charge in [-0.25, -0.2) is 23.3 Å². The van der Waals surface area contributed by atoms with Crippen molar-refractivity contribution in [3.05, 3.63) is 47.6 Å². The van der Waals surface area contributed by atoms with Crippen molar-refractivity contribution >= 4 is 5.43 Å². The summed E-state index contributed by atoms with van der Waals surface area (Å²) in [7, 11) is 0. The van der Waals surface area contributed by atoms with Gasteiger partial charge in [-0.2, -0.15) is 12.2 Å². The van der Waals surface area contributed by atoms with E-state index in [1.165, 1.54) is 11.1 Å². The fourth-order valence-corrected chi connectivity index (χ4v) is 1.84. The second-order valence-electron chi connectivity index (χ2n) is 7.89. The first-order chi connectivity index (χ1) is 9.94. The molecule has 0 N–H and O–H groups in total. The third-order valence-corrected chi connectivity index (χ3v) is 3.01. The third kappa shape index (κ3) is 10.7. The Labute approximate surface area is 154 Å². The van der Waals surface area contributed by atoms with E-state index < -0.39 is 0 Å². The van der Waals surface area contributed by atoms with E-state index in [1.807, 2.05) is 0 Å². The van der Waals surface area contributed by atoms with Gasteiger partial charge < -0.3 is 0 Å². The Morgan fingerprint density at radius 2 is 1.09 bits per heavy atom. The van der Waals surface area contributed by atoms with E-state index in [0.717, 1.165) is 12.8 Å². The summed E-state index contributed by atoms with van der Waals surface area (Å²) in [5, 5.41) is 0. The van der Waals surface area contributed by atoms with Crippen LogP contribution in [0.2, 0.25) is 13.1 Å². The molecule has 0 aromatic heterocycles. The predicted octanol–water partition coefficient (Wildman–Crippen LogP) is 6.23. The van der Waals surface area contributed by atoms with Crippen molar-refractivity contribution in [2.45, 2.75) is 67.5 Å². The summed E-state index contributed by atoms with van der Waals surface area (Å²) in [6.45, 7) is 17.9. The zero-order valence-electron chi connectivity index (χ0n) is 15.7. The molecule has 0 nitrogen and oxygen atoms in total. The van der Waals surface area contributed by atoms with E-state index in [0.29, 0.717) is 10.8 Å². The van der Waals surface area contributed by atoms with Crippen molar-refractivity contribution in [3.8, 4) is 0 Å². The third-order valence-electron chi connectivity index (χ3n) is 3.01. The Bertz CT molecular complexity index is 433. The molecule has 0 aromatic carbocycles.